The second-order valence-corrected chi connectivity index (χ2v) is 8.75. The van der Waals surface area contributed by atoms with E-state index in [1.165, 1.54) is 0 Å². The zero-order valence-electron chi connectivity index (χ0n) is 19.8. The van der Waals surface area contributed by atoms with Crippen molar-refractivity contribution >= 4 is 28.3 Å². The molecule has 2 aliphatic rings. The molecule has 0 bridgehead atoms. The number of nitrogens with one attached hydrogen (secondary N) is 3. The number of pyridine rings is 1. The lowest BCUT2D eigenvalue weighted by atomic mass is 10.1. The summed E-state index contributed by atoms with van der Waals surface area (Å²) in [7, 11) is 1.62. The van der Waals surface area contributed by atoms with Crippen molar-refractivity contribution < 1.29 is 9.53 Å². The Labute approximate surface area is 204 Å². The number of para-hydroxylation sites is 1. The number of rotatable bonds is 5. The smallest absolute Gasteiger partial charge is 0.227 e. The Morgan fingerprint density at radius 2 is 1.80 bits per heavy atom. The van der Waals surface area contributed by atoms with Crippen LogP contribution in [-0.2, 0) is 4.79 Å². The fourth-order valence-corrected chi connectivity index (χ4v) is 4.05. The van der Waals surface area contributed by atoms with E-state index in [0.29, 0.717) is 0 Å². The van der Waals surface area contributed by atoms with Crippen LogP contribution in [0, 0.1) is 5.92 Å². The third-order valence-corrected chi connectivity index (χ3v) is 6.24. The van der Waals surface area contributed by atoms with Gasteiger partial charge in [-0.15, -0.1) is 0 Å². The van der Waals surface area contributed by atoms with Crippen LogP contribution in [0.3, 0.4) is 0 Å². The summed E-state index contributed by atoms with van der Waals surface area (Å²) in [5, 5.41) is 14.8. The number of aromatic nitrogens is 3. The van der Waals surface area contributed by atoms with Crippen molar-refractivity contribution in [1.82, 2.24) is 20.5 Å². The first-order valence-electron chi connectivity index (χ1n) is 12.0. The van der Waals surface area contributed by atoms with Gasteiger partial charge in [0, 0.05) is 54.9 Å². The SMILES string of the molecule is COc1ccc(NC(=O)C2CC2)cc1.c1ccc2c(-c3ccc(N4CCNCC4)nc3)n[nH]c2c1. The summed E-state index contributed by atoms with van der Waals surface area (Å²) in [6, 6.07) is 19.7. The van der Waals surface area contributed by atoms with Gasteiger partial charge in [-0.1, -0.05) is 18.2 Å². The maximum atomic E-state index is 11.4. The molecule has 0 atom stereocenters. The lowest BCUT2D eigenvalue weighted by Crippen LogP contribution is -2.43. The van der Waals surface area contributed by atoms with Crippen molar-refractivity contribution in [2.24, 2.45) is 5.92 Å². The van der Waals surface area contributed by atoms with Gasteiger partial charge in [0.1, 0.15) is 17.3 Å². The minimum Gasteiger partial charge on any atom is -0.497 e. The van der Waals surface area contributed by atoms with Gasteiger partial charge in [0.25, 0.3) is 0 Å². The first-order chi connectivity index (χ1) is 17.2. The third kappa shape index (κ3) is 5.60. The number of fused-ring (bicyclic) bond motifs is 1. The fourth-order valence-electron chi connectivity index (χ4n) is 4.05. The summed E-state index contributed by atoms with van der Waals surface area (Å²) in [5.74, 6) is 2.22. The molecule has 1 aliphatic carbocycles. The molecule has 0 unspecified atom stereocenters. The Hall–Kier alpha value is -3.91. The predicted octanol–water partition coefficient (Wildman–Crippen LogP) is 4.08. The number of ether oxygens (including phenoxy) is 1. The number of aromatic amines is 1. The molecule has 35 heavy (non-hydrogen) atoms. The summed E-state index contributed by atoms with van der Waals surface area (Å²) >= 11 is 0. The molecule has 6 rings (SSSR count). The van der Waals surface area contributed by atoms with E-state index in [1.54, 1.807) is 7.11 Å². The molecule has 0 spiro atoms. The quantitative estimate of drug-likeness (QED) is 0.407. The lowest BCUT2D eigenvalue weighted by molar-refractivity contribution is -0.117. The molecule has 1 amide bonds. The van der Waals surface area contributed by atoms with Crippen LogP contribution in [0.2, 0.25) is 0 Å². The van der Waals surface area contributed by atoms with Crippen molar-refractivity contribution in [2.45, 2.75) is 12.8 Å². The van der Waals surface area contributed by atoms with Gasteiger partial charge in [0.05, 0.1) is 12.6 Å². The van der Waals surface area contributed by atoms with E-state index >= 15 is 0 Å². The van der Waals surface area contributed by atoms with Crippen LogP contribution < -0.4 is 20.3 Å². The van der Waals surface area contributed by atoms with Crippen LogP contribution in [-0.4, -0.2) is 54.4 Å². The number of carbonyl (C=O) groups excluding carboxylic acids is 1. The minimum absolute atomic E-state index is 0.134. The van der Waals surface area contributed by atoms with Crippen LogP contribution in [0.1, 0.15) is 12.8 Å². The highest BCUT2D eigenvalue weighted by molar-refractivity contribution is 5.94. The molecular formula is C27H30N6O2. The van der Waals surface area contributed by atoms with E-state index in [9.17, 15) is 4.79 Å². The first kappa shape index (κ1) is 22.9. The number of methoxy groups -OCH3 is 1. The van der Waals surface area contributed by atoms with Gasteiger partial charge in [-0.25, -0.2) is 4.98 Å². The molecule has 3 N–H and O–H groups in total. The number of anilines is 2. The molecule has 1 aliphatic heterocycles. The maximum Gasteiger partial charge on any atom is 0.227 e. The molecule has 180 valence electrons. The van der Waals surface area contributed by atoms with E-state index in [2.05, 4.69) is 48.9 Å². The van der Waals surface area contributed by atoms with Crippen molar-refractivity contribution in [3.05, 3.63) is 66.9 Å². The highest BCUT2D eigenvalue weighted by atomic mass is 16.5. The molecule has 2 aromatic carbocycles. The summed E-state index contributed by atoms with van der Waals surface area (Å²) < 4.78 is 5.02. The molecule has 3 heterocycles. The van der Waals surface area contributed by atoms with Gasteiger partial charge < -0.3 is 20.3 Å². The van der Waals surface area contributed by atoms with Gasteiger partial charge in [-0.2, -0.15) is 5.10 Å². The highest BCUT2D eigenvalue weighted by Crippen LogP contribution is 2.30. The second-order valence-electron chi connectivity index (χ2n) is 8.75. The number of hydrogen-bond acceptors (Lipinski definition) is 6. The number of carbonyl (C=O) groups is 1. The minimum atomic E-state index is 0.134. The molecule has 1 saturated carbocycles. The van der Waals surface area contributed by atoms with Crippen LogP contribution in [0.15, 0.2) is 66.9 Å². The number of H-pyrrole nitrogens is 1. The molecule has 8 heteroatoms. The topological polar surface area (TPSA) is 95.2 Å². The monoisotopic (exact) mass is 470 g/mol. The lowest BCUT2D eigenvalue weighted by Gasteiger charge is -2.28. The third-order valence-electron chi connectivity index (χ3n) is 6.24. The van der Waals surface area contributed by atoms with Gasteiger partial charge >= 0.3 is 0 Å². The van der Waals surface area contributed by atoms with Crippen LogP contribution in [0.4, 0.5) is 11.5 Å². The number of benzene rings is 2. The molecule has 1 saturated heterocycles. The Kier molecular flexibility index (Phi) is 6.90. The number of nitrogens with zero attached hydrogens (tertiary/aromatic N) is 3. The van der Waals surface area contributed by atoms with Crippen molar-refractivity contribution in [3.8, 4) is 17.0 Å². The summed E-state index contributed by atoms with van der Waals surface area (Å²) in [5.41, 5.74) is 3.90. The highest BCUT2D eigenvalue weighted by Gasteiger charge is 2.29. The van der Waals surface area contributed by atoms with Crippen LogP contribution >= 0.6 is 0 Å². The van der Waals surface area contributed by atoms with E-state index in [1.807, 2.05) is 48.7 Å². The number of amides is 1. The summed E-state index contributed by atoms with van der Waals surface area (Å²) in [6.45, 7) is 4.07. The predicted molar refractivity (Wildman–Crippen MR) is 139 cm³/mol. The molecule has 0 radical (unpaired) electrons. The molecule has 2 aromatic heterocycles. The van der Waals surface area contributed by atoms with Gasteiger partial charge in [-0.05, 0) is 55.3 Å². The van der Waals surface area contributed by atoms with Crippen LogP contribution in [0.5, 0.6) is 5.75 Å². The summed E-state index contributed by atoms with van der Waals surface area (Å²) in [4.78, 5) is 18.3. The Morgan fingerprint density at radius 1 is 1.03 bits per heavy atom. The van der Waals surface area contributed by atoms with Crippen LogP contribution in [0.25, 0.3) is 22.2 Å². The second kappa shape index (κ2) is 10.6. The Morgan fingerprint density at radius 3 is 2.49 bits per heavy atom. The Balaban J connectivity index is 0.000000158. The normalized spacial score (nSPS) is 15.3. The molecular weight excluding hydrogens is 440 g/mol. The van der Waals surface area contributed by atoms with E-state index in [0.717, 1.165) is 78.4 Å². The maximum absolute atomic E-state index is 11.4. The average Bonchev–Trinajstić information content (AvgIpc) is 3.69. The average molecular weight is 471 g/mol. The van der Waals surface area contributed by atoms with E-state index < -0.39 is 0 Å². The zero-order valence-corrected chi connectivity index (χ0v) is 19.8. The van der Waals surface area contributed by atoms with E-state index in [4.69, 9.17) is 4.74 Å². The van der Waals surface area contributed by atoms with Crippen molar-refractivity contribution in [1.29, 1.82) is 0 Å². The van der Waals surface area contributed by atoms with Gasteiger partial charge in [0.15, 0.2) is 0 Å². The molecule has 4 aromatic rings. The Bertz CT molecular complexity index is 1260. The van der Waals surface area contributed by atoms with Crippen molar-refractivity contribution in [3.63, 3.8) is 0 Å². The zero-order chi connectivity index (χ0) is 24.0. The van der Waals surface area contributed by atoms with Gasteiger partial charge in [-0.3, -0.25) is 9.89 Å². The largest absolute Gasteiger partial charge is 0.497 e. The summed E-state index contributed by atoms with van der Waals surface area (Å²) in [6.07, 6.45) is 3.98. The van der Waals surface area contributed by atoms with Crippen molar-refractivity contribution in [2.75, 3.05) is 43.5 Å². The molecule has 8 nitrogen and oxygen atoms in total. The standard InChI is InChI=1S/C16H17N5.C11H13NO2/c1-2-4-14-13(3-1)16(20-19-14)12-5-6-15(18-11-12)21-9-7-17-8-10-21;1-14-10-6-4-9(5-7-10)12-11(13)8-2-3-8/h1-6,11,17H,7-10H2,(H,19,20);4-8H,2-3H2,1H3,(H,12,13). The van der Waals surface area contributed by atoms with E-state index in [-0.39, 0.29) is 11.8 Å². The fraction of sp³-hybridized carbons (Fsp3) is 0.296. The van der Waals surface area contributed by atoms with Gasteiger partial charge in [0.2, 0.25) is 5.91 Å². The number of hydrogen-bond donors (Lipinski definition) is 3. The molecule has 2 fully saturated rings. The number of piperazine rings is 1. The first-order valence-corrected chi connectivity index (χ1v) is 12.0.